The van der Waals surface area contributed by atoms with Crippen molar-refractivity contribution < 1.29 is 19.1 Å². The number of fused-ring (bicyclic) bond motifs is 1. The number of hydrogen-bond donors (Lipinski definition) is 0. The highest BCUT2D eigenvalue weighted by Gasteiger charge is 2.24. The number of anilines is 1. The highest BCUT2D eigenvalue weighted by Crippen LogP contribution is 2.24. The van der Waals surface area contributed by atoms with Gasteiger partial charge in [-0.2, -0.15) is 0 Å². The number of nitrogens with zero attached hydrogens (tertiary/aromatic N) is 3. The molecule has 0 N–H and O–H groups in total. The van der Waals surface area contributed by atoms with E-state index < -0.39 is 12.6 Å². The van der Waals surface area contributed by atoms with Crippen molar-refractivity contribution in [3.8, 4) is 0 Å². The molecule has 27 heavy (non-hydrogen) atoms. The number of rotatable bonds is 5. The molecule has 1 aliphatic rings. The van der Waals surface area contributed by atoms with E-state index in [1.165, 1.54) is 15.7 Å². The summed E-state index contributed by atoms with van der Waals surface area (Å²) in [6.45, 7) is 0.214. The molecule has 1 saturated heterocycles. The first-order chi connectivity index (χ1) is 13.0. The van der Waals surface area contributed by atoms with Crippen molar-refractivity contribution in [3.63, 3.8) is 0 Å². The van der Waals surface area contributed by atoms with Crippen LogP contribution < -0.4 is 4.90 Å². The van der Waals surface area contributed by atoms with E-state index in [9.17, 15) is 14.4 Å². The van der Waals surface area contributed by atoms with Crippen LogP contribution in [-0.2, 0) is 9.53 Å². The number of benzene rings is 1. The number of ketones is 1. The number of halogens is 1. The highest BCUT2D eigenvalue weighted by atomic mass is 35.5. The Kier molecular flexibility index (Phi) is 4.67. The van der Waals surface area contributed by atoms with Crippen LogP contribution >= 0.6 is 22.9 Å². The molecule has 138 valence electrons. The summed E-state index contributed by atoms with van der Waals surface area (Å²) < 4.78 is 6.66. The van der Waals surface area contributed by atoms with Crippen LogP contribution in [0.15, 0.2) is 35.8 Å². The second-order valence-corrected chi connectivity index (χ2v) is 7.24. The maximum absolute atomic E-state index is 12.4. The molecule has 1 amide bonds. The predicted molar refractivity (Wildman–Crippen MR) is 101 cm³/mol. The van der Waals surface area contributed by atoms with Crippen LogP contribution in [0.5, 0.6) is 0 Å². The van der Waals surface area contributed by atoms with E-state index >= 15 is 0 Å². The minimum atomic E-state index is -0.717. The van der Waals surface area contributed by atoms with Gasteiger partial charge in [0.15, 0.2) is 28.2 Å². The van der Waals surface area contributed by atoms with Gasteiger partial charge in [0.25, 0.3) is 0 Å². The predicted octanol–water partition coefficient (Wildman–Crippen LogP) is 3.22. The minimum absolute atomic E-state index is 0.0360. The topological polar surface area (TPSA) is 81.0 Å². The quantitative estimate of drug-likeness (QED) is 0.482. The number of esters is 1. The molecule has 1 aromatic carbocycles. The van der Waals surface area contributed by atoms with Crippen LogP contribution in [-0.4, -0.2) is 40.2 Å². The lowest BCUT2D eigenvalue weighted by molar-refractivity contribution is -0.117. The number of carbonyl (C=O) groups excluding carboxylic acids is 3. The van der Waals surface area contributed by atoms with Gasteiger partial charge in [0.1, 0.15) is 0 Å². The highest BCUT2D eigenvalue weighted by molar-refractivity contribution is 7.15. The molecule has 3 heterocycles. The second kappa shape index (κ2) is 7.13. The Balaban J connectivity index is 1.46. The van der Waals surface area contributed by atoms with Crippen LogP contribution in [0.4, 0.5) is 5.69 Å². The first-order valence-corrected chi connectivity index (χ1v) is 9.52. The van der Waals surface area contributed by atoms with E-state index in [1.807, 2.05) is 0 Å². The fourth-order valence-electron chi connectivity index (χ4n) is 2.99. The number of Topliss-reactive ketones (excluding diaryl/α,β-unsaturated/α-hetero) is 1. The zero-order valence-electron chi connectivity index (χ0n) is 14.1. The zero-order valence-corrected chi connectivity index (χ0v) is 15.6. The van der Waals surface area contributed by atoms with Crippen LogP contribution in [0.3, 0.4) is 0 Å². The van der Waals surface area contributed by atoms with Crippen LogP contribution in [0, 0.1) is 0 Å². The molecule has 2 aromatic heterocycles. The normalized spacial score (nSPS) is 14.1. The van der Waals surface area contributed by atoms with Gasteiger partial charge in [-0.15, -0.1) is 11.3 Å². The van der Waals surface area contributed by atoms with E-state index in [1.54, 1.807) is 40.7 Å². The first kappa shape index (κ1) is 17.7. The molecule has 0 unspecified atom stereocenters. The molecule has 0 radical (unpaired) electrons. The molecule has 0 atom stereocenters. The first-order valence-electron chi connectivity index (χ1n) is 8.26. The third-order valence-electron chi connectivity index (χ3n) is 4.30. The second-order valence-electron chi connectivity index (χ2n) is 6.01. The smallest absolute Gasteiger partial charge is 0.359 e. The third-order valence-corrected chi connectivity index (χ3v) is 5.32. The zero-order chi connectivity index (χ0) is 19.0. The van der Waals surface area contributed by atoms with E-state index in [2.05, 4.69) is 4.98 Å². The van der Waals surface area contributed by atoms with Gasteiger partial charge in [-0.05, 0) is 18.6 Å². The summed E-state index contributed by atoms with van der Waals surface area (Å²) in [6, 6.07) is 6.76. The van der Waals surface area contributed by atoms with Crippen LogP contribution in [0.25, 0.3) is 4.96 Å². The van der Waals surface area contributed by atoms with Crippen molar-refractivity contribution >= 4 is 51.2 Å². The van der Waals surface area contributed by atoms with Gasteiger partial charge in [0, 0.05) is 35.8 Å². The monoisotopic (exact) mass is 403 g/mol. The average Bonchev–Trinajstić information content (AvgIpc) is 3.35. The van der Waals surface area contributed by atoms with E-state index in [-0.39, 0.29) is 22.5 Å². The standard InChI is InChI=1S/C18H14ClN3O4S/c19-16-15(22-7-8-27-18(22)20-16)17(25)26-10-13(23)11-3-1-4-12(9-11)21-6-2-5-14(21)24/h1,3-4,7-9H,2,5-6,10H2. The summed E-state index contributed by atoms with van der Waals surface area (Å²) >= 11 is 7.33. The lowest BCUT2D eigenvalue weighted by Crippen LogP contribution is -2.24. The molecule has 9 heteroatoms. The molecule has 1 fully saturated rings. The summed E-state index contributed by atoms with van der Waals surface area (Å²) in [5.41, 5.74) is 1.14. The molecular weight excluding hydrogens is 390 g/mol. The van der Waals surface area contributed by atoms with E-state index in [0.717, 1.165) is 6.42 Å². The molecule has 4 rings (SSSR count). The Morgan fingerprint density at radius 2 is 2.19 bits per heavy atom. The summed E-state index contributed by atoms with van der Waals surface area (Å²) in [7, 11) is 0. The molecule has 0 saturated carbocycles. The maximum Gasteiger partial charge on any atom is 0.359 e. The Morgan fingerprint density at radius 3 is 2.96 bits per heavy atom. The fraction of sp³-hybridized carbons (Fsp3) is 0.222. The maximum atomic E-state index is 12.4. The summed E-state index contributed by atoms with van der Waals surface area (Å²) in [6.07, 6.45) is 2.98. The van der Waals surface area contributed by atoms with Gasteiger partial charge in [0.05, 0.1) is 0 Å². The Morgan fingerprint density at radius 1 is 1.33 bits per heavy atom. The fourth-order valence-corrected chi connectivity index (χ4v) is 4.01. The largest absolute Gasteiger partial charge is 0.453 e. The van der Waals surface area contributed by atoms with Crippen molar-refractivity contribution in [2.45, 2.75) is 12.8 Å². The van der Waals surface area contributed by atoms with E-state index in [0.29, 0.717) is 29.2 Å². The van der Waals surface area contributed by atoms with Crippen molar-refractivity contribution in [3.05, 3.63) is 52.3 Å². The van der Waals surface area contributed by atoms with Gasteiger partial charge >= 0.3 is 5.97 Å². The average molecular weight is 404 g/mol. The number of imidazole rings is 1. The number of aromatic nitrogens is 2. The number of hydrogen-bond acceptors (Lipinski definition) is 6. The Bertz CT molecular complexity index is 1060. The van der Waals surface area contributed by atoms with Crippen molar-refractivity contribution in [2.24, 2.45) is 0 Å². The number of carbonyl (C=O) groups is 3. The summed E-state index contributed by atoms with van der Waals surface area (Å²) in [5.74, 6) is -1.04. The molecule has 0 bridgehead atoms. The molecule has 0 spiro atoms. The SMILES string of the molecule is O=C(COC(=O)c1c(Cl)nc2sccn12)c1cccc(N2CCCC2=O)c1. The molecular formula is C18H14ClN3O4S. The lowest BCUT2D eigenvalue weighted by atomic mass is 10.1. The Hall–Kier alpha value is -2.71. The Labute approximate surface area is 163 Å². The number of ether oxygens (including phenoxy) is 1. The van der Waals surface area contributed by atoms with Crippen molar-refractivity contribution in [1.82, 2.24) is 9.38 Å². The molecule has 3 aromatic rings. The van der Waals surface area contributed by atoms with Crippen molar-refractivity contribution in [2.75, 3.05) is 18.1 Å². The summed E-state index contributed by atoms with van der Waals surface area (Å²) in [4.78, 5) is 42.9. The molecule has 0 aliphatic carbocycles. The van der Waals surface area contributed by atoms with E-state index in [4.69, 9.17) is 16.3 Å². The van der Waals surface area contributed by atoms with Gasteiger partial charge in [0.2, 0.25) is 5.91 Å². The number of thiazole rings is 1. The third kappa shape index (κ3) is 3.33. The molecule has 7 nitrogen and oxygen atoms in total. The lowest BCUT2D eigenvalue weighted by Gasteiger charge is -2.16. The van der Waals surface area contributed by atoms with Gasteiger partial charge in [-0.25, -0.2) is 9.78 Å². The van der Waals surface area contributed by atoms with Crippen LogP contribution in [0.2, 0.25) is 5.15 Å². The van der Waals surface area contributed by atoms with Crippen molar-refractivity contribution in [1.29, 1.82) is 0 Å². The van der Waals surface area contributed by atoms with Gasteiger partial charge in [-0.1, -0.05) is 23.7 Å². The minimum Gasteiger partial charge on any atom is -0.453 e. The van der Waals surface area contributed by atoms with Gasteiger partial charge < -0.3 is 9.64 Å². The molecule has 1 aliphatic heterocycles. The van der Waals surface area contributed by atoms with Crippen LogP contribution in [0.1, 0.15) is 33.7 Å². The summed E-state index contributed by atoms with van der Waals surface area (Å²) in [5, 5.41) is 1.81. The number of amides is 1. The van der Waals surface area contributed by atoms with Gasteiger partial charge in [-0.3, -0.25) is 14.0 Å².